The fourth-order valence-corrected chi connectivity index (χ4v) is 6.83. The van der Waals surface area contributed by atoms with Gasteiger partial charge in [0.2, 0.25) is 5.91 Å². The molecule has 1 amide bonds. The summed E-state index contributed by atoms with van der Waals surface area (Å²) in [6.07, 6.45) is 3.50. The number of hydrogen-bond acceptors (Lipinski definition) is 6. The van der Waals surface area contributed by atoms with Crippen molar-refractivity contribution >= 4 is 37.5 Å². The van der Waals surface area contributed by atoms with E-state index < -0.39 is 15.1 Å². The minimum absolute atomic E-state index is 0.00825. The quantitative estimate of drug-likeness (QED) is 0.583. The van der Waals surface area contributed by atoms with Crippen LogP contribution in [0.1, 0.15) is 42.6 Å². The third-order valence-electron chi connectivity index (χ3n) is 6.46. The highest BCUT2D eigenvalue weighted by Crippen LogP contribution is 2.34. The molecule has 3 atom stereocenters. The minimum atomic E-state index is -3.47. The number of amides is 1. The van der Waals surface area contributed by atoms with Crippen LogP contribution in [0.4, 0.5) is 5.82 Å². The van der Waals surface area contributed by atoms with Gasteiger partial charge < -0.3 is 9.80 Å². The monoisotopic (exact) mass is 516 g/mol. The highest BCUT2D eigenvalue weighted by Gasteiger charge is 2.42. The number of carbonyl (C=O) groups is 1. The normalized spacial score (nSPS) is 21.3. The van der Waals surface area contributed by atoms with Gasteiger partial charge in [-0.1, -0.05) is 34.1 Å². The highest BCUT2D eigenvalue weighted by atomic mass is 79.9. The van der Waals surface area contributed by atoms with Crippen LogP contribution in [-0.4, -0.2) is 55.1 Å². The van der Waals surface area contributed by atoms with Crippen molar-refractivity contribution in [1.29, 1.82) is 5.26 Å². The second-order valence-electron chi connectivity index (χ2n) is 8.39. The molecule has 32 heavy (non-hydrogen) atoms. The van der Waals surface area contributed by atoms with Gasteiger partial charge in [0.1, 0.15) is 11.9 Å². The van der Waals surface area contributed by atoms with Crippen molar-refractivity contribution < 1.29 is 13.2 Å². The topological polar surface area (TPSA) is 94.4 Å². The molecule has 1 aromatic heterocycles. The molecule has 2 fully saturated rings. The zero-order valence-electron chi connectivity index (χ0n) is 17.8. The standard InChI is InChI=1S/C23H25BrN4O3S/c1-16(20-4-2-3-5-21(20)24)32(30,31)11-10-23(29)27-14-18-7-8-19(15-27)28(18)22-9-6-17(12-25)13-26-22/h2-6,9,13,16,18-19H,7-8,10-11,14-15H2,1H3/t16?,18-,19?/m0/s1. The molecule has 0 saturated carbocycles. The smallest absolute Gasteiger partial charge is 0.223 e. The molecule has 4 rings (SSSR count). The third kappa shape index (κ3) is 4.52. The predicted octanol–water partition coefficient (Wildman–Crippen LogP) is 3.46. The van der Waals surface area contributed by atoms with Crippen LogP contribution in [0.3, 0.4) is 0 Å². The van der Waals surface area contributed by atoms with Crippen LogP contribution in [0, 0.1) is 11.3 Å². The molecule has 168 valence electrons. The summed E-state index contributed by atoms with van der Waals surface area (Å²) < 4.78 is 26.5. The Kier molecular flexibility index (Phi) is 6.54. The van der Waals surface area contributed by atoms with Crippen LogP contribution in [-0.2, 0) is 14.6 Å². The van der Waals surface area contributed by atoms with E-state index >= 15 is 0 Å². The number of rotatable bonds is 6. The number of pyridine rings is 1. The zero-order chi connectivity index (χ0) is 22.9. The molecular weight excluding hydrogens is 492 g/mol. The van der Waals surface area contributed by atoms with Gasteiger partial charge >= 0.3 is 0 Å². The molecule has 0 radical (unpaired) electrons. The number of sulfone groups is 1. The minimum Gasteiger partial charge on any atom is -0.347 e. The van der Waals surface area contributed by atoms with Crippen LogP contribution in [0.2, 0.25) is 0 Å². The van der Waals surface area contributed by atoms with Crippen molar-refractivity contribution in [3.05, 3.63) is 58.2 Å². The molecule has 7 nitrogen and oxygen atoms in total. The van der Waals surface area contributed by atoms with Gasteiger partial charge in [-0.3, -0.25) is 4.79 Å². The summed E-state index contributed by atoms with van der Waals surface area (Å²) in [7, 11) is -3.47. The van der Waals surface area contributed by atoms with Crippen molar-refractivity contribution in [1.82, 2.24) is 9.88 Å². The molecule has 0 aliphatic carbocycles. The van der Waals surface area contributed by atoms with E-state index in [4.69, 9.17) is 5.26 Å². The number of fused-ring (bicyclic) bond motifs is 2. The van der Waals surface area contributed by atoms with Crippen LogP contribution < -0.4 is 4.90 Å². The first-order valence-electron chi connectivity index (χ1n) is 10.7. The number of likely N-dealkylation sites (tertiary alicyclic amines) is 1. The second kappa shape index (κ2) is 9.20. The number of hydrogen-bond donors (Lipinski definition) is 0. The number of aromatic nitrogens is 1. The SMILES string of the molecule is CC(c1ccccc1Br)S(=O)(=O)CCC(=O)N1CC2CC[C@@H](C1)N2c1ccc(C#N)cn1. The predicted molar refractivity (Wildman–Crippen MR) is 126 cm³/mol. The maximum Gasteiger partial charge on any atom is 0.223 e. The van der Waals surface area contributed by atoms with Gasteiger partial charge in [0.15, 0.2) is 9.84 Å². The zero-order valence-corrected chi connectivity index (χ0v) is 20.2. The summed E-state index contributed by atoms with van der Waals surface area (Å²) in [5, 5.41) is 8.30. The first kappa shape index (κ1) is 22.7. The molecular formula is C23H25BrN4O3S. The molecule has 1 aromatic carbocycles. The second-order valence-corrected chi connectivity index (χ2v) is 11.7. The van der Waals surface area contributed by atoms with Crippen LogP contribution in [0.15, 0.2) is 47.1 Å². The Morgan fingerprint density at radius 1 is 1.22 bits per heavy atom. The summed E-state index contributed by atoms with van der Waals surface area (Å²) in [5.41, 5.74) is 1.23. The molecule has 9 heteroatoms. The lowest BCUT2D eigenvalue weighted by Crippen LogP contribution is -2.55. The fourth-order valence-electron chi connectivity index (χ4n) is 4.65. The van der Waals surface area contributed by atoms with E-state index in [0.29, 0.717) is 24.2 Å². The fraction of sp³-hybridized carbons (Fsp3) is 0.435. The molecule has 2 aliphatic rings. The maximum absolute atomic E-state index is 12.9. The lowest BCUT2D eigenvalue weighted by Gasteiger charge is -2.41. The Bertz CT molecular complexity index is 1130. The van der Waals surface area contributed by atoms with Crippen molar-refractivity contribution in [2.45, 2.75) is 43.5 Å². The Labute approximate surface area is 197 Å². The molecule has 3 heterocycles. The van der Waals surface area contributed by atoms with Crippen molar-refractivity contribution in [3.63, 3.8) is 0 Å². The van der Waals surface area contributed by atoms with Gasteiger partial charge in [-0.25, -0.2) is 13.4 Å². The third-order valence-corrected chi connectivity index (χ3v) is 9.29. The summed E-state index contributed by atoms with van der Waals surface area (Å²) in [6, 6.07) is 13.3. The summed E-state index contributed by atoms with van der Waals surface area (Å²) in [6.45, 7) is 2.80. The summed E-state index contributed by atoms with van der Waals surface area (Å²) in [5.74, 6) is 0.548. The Hall–Kier alpha value is -2.44. The molecule has 0 N–H and O–H groups in total. The molecule has 2 bridgehead atoms. The Morgan fingerprint density at radius 2 is 1.91 bits per heavy atom. The van der Waals surface area contributed by atoms with Crippen LogP contribution >= 0.6 is 15.9 Å². The van der Waals surface area contributed by atoms with Gasteiger partial charge in [-0.2, -0.15) is 5.26 Å². The number of benzene rings is 1. The lowest BCUT2D eigenvalue weighted by atomic mass is 10.1. The Morgan fingerprint density at radius 3 is 2.50 bits per heavy atom. The number of piperazine rings is 1. The lowest BCUT2D eigenvalue weighted by molar-refractivity contribution is -0.131. The van der Waals surface area contributed by atoms with Crippen molar-refractivity contribution in [2.24, 2.45) is 0 Å². The largest absolute Gasteiger partial charge is 0.347 e. The molecule has 2 saturated heterocycles. The Balaban J connectivity index is 1.38. The average Bonchev–Trinajstić information content (AvgIpc) is 3.06. The van der Waals surface area contributed by atoms with Gasteiger partial charge in [0.25, 0.3) is 0 Å². The summed E-state index contributed by atoms with van der Waals surface area (Å²) >= 11 is 3.42. The highest BCUT2D eigenvalue weighted by molar-refractivity contribution is 9.10. The number of carbonyl (C=O) groups excluding carboxylic acids is 1. The van der Waals surface area contributed by atoms with E-state index in [9.17, 15) is 13.2 Å². The van der Waals surface area contributed by atoms with E-state index in [2.05, 4.69) is 31.9 Å². The van der Waals surface area contributed by atoms with E-state index in [1.54, 1.807) is 30.2 Å². The number of anilines is 1. The number of halogens is 1. The van der Waals surface area contributed by atoms with E-state index in [0.717, 1.165) is 23.1 Å². The summed E-state index contributed by atoms with van der Waals surface area (Å²) in [4.78, 5) is 21.4. The van der Waals surface area contributed by atoms with Gasteiger partial charge in [-0.15, -0.1) is 0 Å². The van der Waals surface area contributed by atoms with Crippen LogP contribution in [0.25, 0.3) is 0 Å². The van der Waals surface area contributed by atoms with Gasteiger partial charge in [0.05, 0.1) is 16.6 Å². The van der Waals surface area contributed by atoms with E-state index in [1.165, 1.54) is 0 Å². The van der Waals surface area contributed by atoms with Crippen molar-refractivity contribution in [3.8, 4) is 6.07 Å². The number of nitriles is 1. The molecule has 2 unspecified atom stereocenters. The molecule has 2 aliphatic heterocycles. The first-order valence-corrected chi connectivity index (χ1v) is 13.2. The van der Waals surface area contributed by atoms with Crippen LogP contribution in [0.5, 0.6) is 0 Å². The maximum atomic E-state index is 12.9. The van der Waals surface area contributed by atoms with Gasteiger partial charge in [0, 0.05) is 42.3 Å². The average molecular weight is 517 g/mol. The number of nitrogens with zero attached hydrogens (tertiary/aromatic N) is 4. The molecule has 0 spiro atoms. The molecule has 2 aromatic rings. The van der Waals surface area contributed by atoms with E-state index in [1.807, 2.05) is 24.3 Å². The van der Waals surface area contributed by atoms with Crippen molar-refractivity contribution in [2.75, 3.05) is 23.7 Å². The van der Waals surface area contributed by atoms with E-state index in [-0.39, 0.29) is 30.2 Å². The van der Waals surface area contributed by atoms with Gasteiger partial charge in [-0.05, 0) is 43.5 Å². The first-order chi connectivity index (χ1) is 15.3.